The lowest BCUT2D eigenvalue weighted by Crippen LogP contribution is -2.41. The van der Waals surface area contributed by atoms with E-state index in [1.807, 2.05) is 7.05 Å². The first-order chi connectivity index (χ1) is 11.3. The third kappa shape index (κ3) is 4.50. The summed E-state index contributed by atoms with van der Waals surface area (Å²) in [6, 6.07) is 8.82. The zero-order valence-corrected chi connectivity index (χ0v) is 16.1. The largest absolute Gasteiger partial charge is 0.491 e. The predicted molar refractivity (Wildman–Crippen MR) is 103 cm³/mol. The molecule has 1 aliphatic heterocycles. The maximum atomic E-state index is 6.20. The molecule has 1 aromatic carbocycles. The molecule has 0 atom stereocenters. The van der Waals surface area contributed by atoms with Crippen molar-refractivity contribution in [3.05, 3.63) is 40.9 Å². The van der Waals surface area contributed by atoms with Crippen LogP contribution in [0.2, 0.25) is 0 Å². The highest BCUT2D eigenvalue weighted by Crippen LogP contribution is 2.38. The number of hydrogen-bond donors (Lipinski definition) is 1. The van der Waals surface area contributed by atoms with E-state index in [4.69, 9.17) is 9.31 Å². The van der Waals surface area contributed by atoms with Crippen LogP contribution in [0.5, 0.6) is 0 Å². The van der Waals surface area contributed by atoms with Gasteiger partial charge in [0, 0.05) is 6.54 Å². The van der Waals surface area contributed by atoms with E-state index < -0.39 is 0 Å². The van der Waals surface area contributed by atoms with E-state index in [1.54, 1.807) is 0 Å². The minimum atomic E-state index is -0.311. The fourth-order valence-electron chi connectivity index (χ4n) is 2.78. The van der Waals surface area contributed by atoms with Crippen molar-refractivity contribution >= 4 is 13.2 Å². The Morgan fingerprint density at radius 2 is 1.67 bits per heavy atom. The van der Waals surface area contributed by atoms with Crippen molar-refractivity contribution < 1.29 is 9.31 Å². The van der Waals surface area contributed by atoms with Crippen LogP contribution in [0.3, 0.4) is 0 Å². The standard InChI is InChI=1S/C20H32BNO2/c1-7-8-9-16-10-12-17(13-11-16)14-18(15-22-6)21-23-19(2,3)20(4,5)24-21/h10-14,22H,7-9,15H2,1-6H3. The molecule has 3 nitrogen and oxygen atoms in total. The topological polar surface area (TPSA) is 30.5 Å². The van der Waals surface area contributed by atoms with Crippen LogP contribution in [0.25, 0.3) is 6.08 Å². The van der Waals surface area contributed by atoms with Crippen molar-refractivity contribution in [3.8, 4) is 0 Å². The third-order valence-corrected chi connectivity index (χ3v) is 5.09. The van der Waals surface area contributed by atoms with Crippen LogP contribution in [-0.2, 0) is 15.7 Å². The molecule has 0 radical (unpaired) electrons. The first-order valence-corrected chi connectivity index (χ1v) is 9.08. The Labute approximate surface area is 148 Å². The second kappa shape index (κ2) is 7.86. The minimum absolute atomic E-state index is 0.304. The van der Waals surface area contributed by atoms with E-state index in [-0.39, 0.29) is 18.3 Å². The Morgan fingerprint density at radius 1 is 1.08 bits per heavy atom. The molecule has 0 spiro atoms. The summed E-state index contributed by atoms with van der Waals surface area (Å²) < 4.78 is 12.4. The van der Waals surface area contributed by atoms with Crippen LogP contribution >= 0.6 is 0 Å². The molecule has 0 amide bonds. The zero-order valence-electron chi connectivity index (χ0n) is 16.1. The van der Waals surface area contributed by atoms with Crippen molar-refractivity contribution in [1.82, 2.24) is 5.32 Å². The fraction of sp³-hybridized carbons (Fsp3) is 0.600. The molecule has 1 aromatic rings. The van der Waals surface area contributed by atoms with Crippen molar-refractivity contribution in [2.75, 3.05) is 13.6 Å². The van der Waals surface area contributed by atoms with Crippen LogP contribution in [0, 0.1) is 0 Å². The molecular weight excluding hydrogens is 297 g/mol. The molecule has 0 aliphatic carbocycles. The smallest absolute Gasteiger partial charge is 0.400 e. The maximum Gasteiger partial charge on any atom is 0.491 e. The average molecular weight is 329 g/mol. The van der Waals surface area contributed by atoms with E-state index in [2.05, 4.69) is 70.3 Å². The first-order valence-electron chi connectivity index (χ1n) is 9.08. The summed E-state index contributed by atoms with van der Waals surface area (Å²) in [6.07, 6.45) is 5.81. The number of nitrogens with one attached hydrogen (secondary N) is 1. The van der Waals surface area contributed by atoms with Gasteiger partial charge < -0.3 is 14.6 Å². The summed E-state index contributed by atoms with van der Waals surface area (Å²) in [6.45, 7) is 11.3. The van der Waals surface area contributed by atoms with Gasteiger partial charge in [-0.25, -0.2) is 0 Å². The number of likely N-dealkylation sites (N-methyl/N-ethyl adjacent to an activating group) is 1. The molecule has 4 heteroatoms. The van der Waals surface area contributed by atoms with Crippen molar-refractivity contribution in [2.24, 2.45) is 0 Å². The van der Waals surface area contributed by atoms with Crippen molar-refractivity contribution in [3.63, 3.8) is 0 Å². The normalized spacial score (nSPS) is 19.8. The highest BCUT2D eigenvalue weighted by molar-refractivity contribution is 6.55. The van der Waals surface area contributed by atoms with Gasteiger partial charge in [-0.15, -0.1) is 0 Å². The van der Waals surface area contributed by atoms with Crippen LogP contribution in [0.4, 0.5) is 0 Å². The molecule has 1 aliphatic rings. The highest BCUT2D eigenvalue weighted by atomic mass is 16.7. The van der Waals surface area contributed by atoms with Crippen LogP contribution < -0.4 is 5.32 Å². The monoisotopic (exact) mass is 329 g/mol. The summed E-state index contributed by atoms with van der Waals surface area (Å²) in [5, 5.41) is 3.23. The number of benzene rings is 1. The fourth-order valence-corrected chi connectivity index (χ4v) is 2.78. The molecule has 1 saturated heterocycles. The number of rotatable bonds is 7. The van der Waals surface area contributed by atoms with Crippen LogP contribution in [0.1, 0.15) is 58.6 Å². The van der Waals surface area contributed by atoms with Gasteiger partial charge in [-0.1, -0.05) is 43.7 Å². The molecule has 0 aromatic heterocycles. The Kier molecular flexibility index (Phi) is 6.30. The van der Waals surface area contributed by atoms with Gasteiger partial charge in [-0.2, -0.15) is 0 Å². The molecule has 1 N–H and O–H groups in total. The van der Waals surface area contributed by atoms with Gasteiger partial charge in [0.2, 0.25) is 0 Å². The first kappa shape index (κ1) is 19.2. The summed E-state index contributed by atoms with van der Waals surface area (Å²) in [5.74, 6) is 0. The molecule has 0 bridgehead atoms. The maximum absolute atomic E-state index is 6.20. The quantitative estimate of drug-likeness (QED) is 0.758. The van der Waals surface area contributed by atoms with E-state index in [9.17, 15) is 0 Å². The Morgan fingerprint density at radius 3 is 2.17 bits per heavy atom. The summed E-state index contributed by atoms with van der Waals surface area (Å²) in [7, 11) is 1.65. The molecule has 1 heterocycles. The SMILES string of the molecule is CCCCc1ccc(C=C(CNC)B2OC(C)(C)C(C)(C)O2)cc1. The van der Waals surface area contributed by atoms with Gasteiger partial charge in [-0.05, 0) is 64.2 Å². The van der Waals surface area contributed by atoms with E-state index in [0.717, 1.165) is 18.4 Å². The predicted octanol–water partition coefficient (Wildman–Crippen LogP) is 4.26. The van der Waals surface area contributed by atoms with E-state index in [0.29, 0.717) is 0 Å². The molecular formula is C20H32BNO2. The molecule has 0 saturated carbocycles. The van der Waals surface area contributed by atoms with Gasteiger partial charge in [0.1, 0.15) is 0 Å². The van der Waals surface area contributed by atoms with Gasteiger partial charge in [0.15, 0.2) is 0 Å². The third-order valence-electron chi connectivity index (χ3n) is 5.09. The molecule has 24 heavy (non-hydrogen) atoms. The Balaban J connectivity index is 2.17. The number of hydrogen-bond acceptors (Lipinski definition) is 3. The second-order valence-corrected chi connectivity index (χ2v) is 7.68. The van der Waals surface area contributed by atoms with Crippen LogP contribution in [-0.4, -0.2) is 31.9 Å². The number of aryl methyl sites for hydroxylation is 1. The molecule has 2 rings (SSSR count). The summed E-state index contributed by atoms with van der Waals surface area (Å²) >= 11 is 0. The second-order valence-electron chi connectivity index (χ2n) is 7.68. The molecule has 132 valence electrons. The van der Waals surface area contributed by atoms with Crippen molar-refractivity contribution in [2.45, 2.75) is 65.1 Å². The van der Waals surface area contributed by atoms with Gasteiger partial charge in [0.05, 0.1) is 11.2 Å². The average Bonchev–Trinajstić information content (AvgIpc) is 2.74. The van der Waals surface area contributed by atoms with Crippen LogP contribution in [0.15, 0.2) is 29.7 Å². The van der Waals surface area contributed by atoms with Crippen molar-refractivity contribution in [1.29, 1.82) is 0 Å². The summed E-state index contributed by atoms with van der Waals surface area (Å²) in [4.78, 5) is 0. The highest BCUT2D eigenvalue weighted by Gasteiger charge is 2.52. The van der Waals surface area contributed by atoms with Gasteiger partial charge in [-0.3, -0.25) is 0 Å². The lowest BCUT2D eigenvalue weighted by molar-refractivity contribution is 0.00578. The summed E-state index contributed by atoms with van der Waals surface area (Å²) in [5.41, 5.74) is 3.09. The zero-order chi connectivity index (χ0) is 17.8. The molecule has 0 unspecified atom stereocenters. The Hall–Kier alpha value is -1.10. The Bertz CT molecular complexity index is 548. The number of unbranched alkanes of at least 4 members (excludes halogenated alkanes) is 1. The lowest BCUT2D eigenvalue weighted by atomic mass is 9.77. The van der Waals surface area contributed by atoms with E-state index in [1.165, 1.54) is 24.0 Å². The van der Waals surface area contributed by atoms with Gasteiger partial charge in [0.25, 0.3) is 0 Å². The van der Waals surface area contributed by atoms with E-state index >= 15 is 0 Å². The minimum Gasteiger partial charge on any atom is -0.400 e. The van der Waals surface area contributed by atoms with Gasteiger partial charge >= 0.3 is 7.12 Å². The lowest BCUT2D eigenvalue weighted by Gasteiger charge is -2.32. The molecule has 1 fully saturated rings.